The highest BCUT2D eigenvalue weighted by molar-refractivity contribution is 5.93. The molecular formula is C21H21N3. The number of hydrogen-bond donors (Lipinski definition) is 1. The molecule has 0 radical (unpaired) electrons. The molecule has 0 saturated heterocycles. The topological polar surface area (TPSA) is 42.8 Å². The highest BCUT2D eigenvalue weighted by Crippen LogP contribution is 2.23. The number of para-hydroxylation sites is 1. The Morgan fingerprint density at radius 1 is 1.08 bits per heavy atom. The highest BCUT2D eigenvalue weighted by atomic mass is 15.1. The number of nitrogens with zero attached hydrogens (tertiary/aromatic N) is 2. The van der Waals surface area contributed by atoms with Gasteiger partial charge in [0.05, 0.1) is 11.3 Å². The Labute approximate surface area is 142 Å². The Morgan fingerprint density at radius 2 is 1.79 bits per heavy atom. The summed E-state index contributed by atoms with van der Waals surface area (Å²) in [6.07, 6.45) is 1.93. The summed E-state index contributed by atoms with van der Waals surface area (Å²) in [7, 11) is 0. The van der Waals surface area contributed by atoms with Gasteiger partial charge in [-0.2, -0.15) is 5.26 Å². The van der Waals surface area contributed by atoms with Crippen LogP contribution < -0.4 is 4.90 Å². The molecule has 0 aliphatic rings. The van der Waals surface area contributed by atoms with E-state index < -0.39 is 0 Å². The van der Waals surface area contributed by atoms with Gasteiger partial charge in [0.25, 0.3) is 0 Å². The normalized spacial score (nSPS) is 11.5. The number of anilines is 1. The summed E-state index contributed by atoms with van der Waals surface area (Å²) in [6.45, 7) is 6.29. The molecule has 3 rings (SSSR count). The molecule has 0 spiro atoms. The second kappa shape index (κ2) is 7.06. The average Bonchev–Trinajstić information content (AvgIpc) is 3.06. The number of allylic oxidation sites excluding steroid dienone is 1. The number of H-pyrrole nitrogens is 1. The zero-order valence-electron chi connectivity index (χ0n) is 14.1. The van der Waals surface area contributed by atoms with Gasteiger partial charge < -0.3 is 9.88 Å². The minimum Gasteiger partial charge on any atom is -0.372 e. The van der Waals surface area contributed by atoms with Crippen molar-refractivity contribution in [2.24, 2.45) is 0 Å². The van der Waals surface area contributed by atoms with Crippen molar-refractivity contribution in [2.75, 3.05) is 18.0 Å². The summed E-state index contributed by atoms with van der Waals surface area (Å²) in [5.41, 5.74) is 4.78. The summed E-state index contributed by atoms with van der Waals surface area (Å²) < 4.78 is 0. The summed E-state index contributed by atoms with van der Waals surface area (Å²) in [4.78, 5) is 5.62. The van der Waals surface area contributed by atoms with Gasteiger partial charge in [-0.15, -0.1) is 0 Å². The molecule has 1 aromatic heterocycles. The summed E-state index contributed by atoms with van der Waals surface area (Å²) in [5, 5.41) is 10.7. The Morgan fingerprint density at radius 3 is 2.42 bits per heavy atom. The third kappa shape index (κ3) is 3.18. The van der Waals surface area contributed by atoms with Crippen molar-refractivity contribution < 1.29 is 0 Å². The minimum atomic E-state index is 0.641. The lowest BCUT2D eigenvalue weighted by molar-refractivity contribution is 0.866. The second-order valence-corrected chi connectivity index (χ2v) is 5.70. The molecule has 0 aliphatic carbocycles. The zero-order valence-corrected chi connectivity index (χ0v) is 14.1. The number of aromatic nitrogens is 1. The number of nitrogens with one attached hydrogen (secondary N) is 1. The van der Waals surface area contributed by atoms with E-state index in [0.717, 1.165) is 35.2 Å². The van der Waals surface area contributed by atoms with Crippen LogP contribution in [-0.4, -0.2) is 18.1 Å². The van der Waals surface area contributed by atoms with E-state index in [-0.39, 0.29) is 0 Å². The average molecular weight is 315 g/mol. The van der Waals surface area contributed by atoms with Gasteiger partial charge in [-0.3, -0.25) is 0 Å². The maximum atomic E-state index is 9.54. The van der Waals surface area contributed by atoms with E-state index in [0.29, 0.717) is 5.57 Å². The predicted molar refractivity (Wildman–Crippen MR) is 102 cm³/mol. The molecule has 1 N–H and O–H groups in total. The summed E-state index contributed by atoms with van der Waals surface area (Å²) in [5.74, 6) is 0. The largest absolute Gasteiger partial charge is 0.372 e. The van der Waals surface area contributed by atoms with Crippen LogP contribution in [0.3, 0.4) is 0 Å². The zero-order chi connectivity index (χ0) is 16.9. The van der Waals surface area contributed by atoms with Gasteiger partial charge in [0.1, 0.15) is 6.07 Å². The molecule has 1 heterocycles. The van der Waals surface area contributed by atoms with E-state index in [9.17, 15) is 5.26 Å². The first-order valence-corrected chi connectivity index (χ1v) is 8.30. The smallest absolute Gasteiger partial charge is 0.101 e. The number of fused-ring (bicyclic) bond motifs is 1. The molecular weight excluding hydrogens is 294 g/mol. The Kier molecular flexibility index (Phi) is 4.67. The third-order valence-electron chi connectivity index (χ3n) is 4.27. The fourth-order valence-corrected chi connectivity index (χ4v) is 2.93. The molecule has 0 atom stereocenters. The van der Waals surface area contributed by atoms with E-state index in [2.05, 4.69) is 54.1 Å². The molecule has 0 fully saturated rings. The van der Waals surface area contributed by atoms with Crippen molar-refractivity contribution in [1.82, 2.24) is 4.98 Å². The van der Waals surface area contributed by atoms with Crippen LogP contribution in [0.5, 0.6) is 0 Å². The number of benzene rings is 2. The van der Waals surface area contributed by atoms with Crippen LogP contribution in [0.1, 0.15) is 25.1 Å². The molecule has 2 aromatic carbocycles. The van der Waals surface area contributed by atoms with Crippen molar-refractivity contribution in [2.45, 2.75) is 13.8 Å². The van der Waals surface area contributed by atoms with E-state index >= 15 is 0 Å². The van der Waals surface area contributed by atoms with Crippen LogP contribution in [0, 0.1) is 11.3 Å². The molecule has 0 saturated carbocycles. The van der Waals surface area contributed by atoms with Gasteiger partial charge in [0.2, 0.25) is 0 Å². The molecule has 0 bridgehead atoms. The van der Waals surface area contributed by atoms with Gasteiger partial charge in [-0.1, -0.05) is 30.3 Å². The summed E-state index contributed by atoms with van der Waals surface area (Å²) >= 11 is 0. The minimum absolute atomic E-state index is 0.641. The first kappa shape index (κ1) is 15.9. The first-order valence-electron chi connectivity index (χ1n) is 8.30. The van der Waals surface area contributed by atoms with Crippen molar-refractivity contribution in [3.05, 3.63) is 65.9 Å². The van der Waals surface area contributed by atoms with Crippen molar-refractivity contribution in [3.8, 4) is 6.07 Å². The van der Waals surface area contributed by atoms with E-state index in [4.69, 9.17) is 0 Å². The highest BCUT2D eigenvalue weighted by Gasteiger charge is 2.06. The fourth-order valence-electron chi connectivity index (χ4n) is 2.93. The molecule has 3 heteroatoms. The van der Waals surface area contributed by atoms with Gasteiger partial charge in [-0.25, -0.2) is 0 Å². The van der Waals surface area contributed by atoms with Crippen molar-refractivity contribution in [1.29, 1.82) is 5.26 Å². The lowest BCUT2D eigenvalue weighted by Crippen LogP contribution is -2.21. The number of nitriles is 1. The van der Waals surface area contributed by atoms with E-state index in [1.807, 2.05) is 36.4 Å². The van der Waals surface area contributed by atoms with Gasteiger partial charge in [0.15, 0.2) is 0 Å². The van der Waals surface area contributed by atoms with Crippen LogP contribution in [0.2, 0.25) is 0 Å². The molecule has 24 heavy (non-hydrogen) atoms. The number of hydrogen-bond acceptors (Lipinski definition) is 2. The van der Waals surface area contributed by atoms with Crippen molar-refractivity contribution in [3.63, 3.8) is 0 Å². The Bertz CT molecular complexity index is 858. The molecule has 0 aliphatic heterocycles. The standard InChI is InChI=1S/C21H21N3/c1-3-24(4-2)19-11-9-16(10-12-19)13-18(15-22)21-14-17-7-5-6-8-20(17)23-21/h5-14,23H,3-4H2,1-2H3/b18-13+. The van der Waals surface area contributed by atoms with Crippen LogP contribution in [0.15, 0.2) is 54.6 Å². The predicted octanol–water partition coefficient (Wildman–Crippen LogP) is 5.08. The maximum absolute atomic E-state index is 9.54. The summed E-state index contributed by atoms with van der Waals surface area (Å²) in [6, 6.07) is 20.7. The van der Waals surface area contributed by atoms with Crippen LogP contribution in [-0.2, 0) is 0 Å². The Hall–Kier alpha value is -2.99. The molecule has 120 valence electrons. The Balaban J connectivity index is 1.91. The number of aromatic amines is 1. The molecule has 0 amide bonds. The van der Waals surface area contributed by atoms with Crippen LogP contribution in [0.25, 0.3) is 22.6 Å². The fraction of sp³-hybridized carbons (Fsp3) is 0.190. The lowest BCUT2D eigenvalue weighted by Gasteiger charge is -2.20. The van der Waals surface area contributed by atoms with Crippen molar-refractivity contribution >= 4 is 28.2 Å². The van der Waals surface area contributed by atoms with Crippen LogP contribution in [0.4, 0.5) is 5.69 Å². The monoisotopic (exact) mass is 315 g/mol. The maximum Gasteiger partial charge on any atom is 0.101 e. The lowest BCUT2D eigenvalue weighted by atomic mass is 10.1. The quantitative estimate of drug-likeness (QED) is 0.667. The van der Waals surface area contributed by atoms with Gasteiger partial charge in [0, 0.05) is 29.7 Å². The van der Waals surface area contributed by atoms with Crippen LogP contribution >= 0.6 is 0 Å². The SMILES string of the molecule is CCN(CC)c1ccc(/C=C(\C#N)c2cc3ccccc3[nH]2)cc1. The molecule has 0 unspecified atom stereocenters. The first-order chi connectivity index (χ1) is 11.7. The third-order valence-corrected chi connectivity index (χ3v) is 4.27. The van der Waals surface area contributed by atoms with E-state index in [1.54, 1.807) is 0 Å². The van der Waals surface area contributed by atoms with E-state index in [1.165, 1.54) is 5.69 Å². The van der Waals surface area contributed by atoms with Gasteiger partial charge >= 0.3 is 0 Å². The molecule has 3 aromatic rings. The second-order valence-electron chi connectivity index (χ2n) is 5.70. The number of rotatable bonds is 5. The molecule has 3 nitrogen and oxygen atoms in total. The van der Waals surface area contributed by atoms with Gasteiger partial charge in [-0.05, 0) is 49.8 Å².